The first kappa shape index (κ1) is 18.8. The van der Waals surface area contributed by atoms with Crippen LogP contribution in [0.5, 0.6) is 0 Å². The molecule has 2 N–H and O–H groups in total. The van der Waals surface area contributed by atoms with Crippen molar-refractivity contribution in [2.24, 2.45) is 0 Å². The molecule has 0 radical (unpaired) electrons. The molecule has 10 heteroatoms. The van der Waals surface area contributed by atoms with Gasteiger partial charge in [-0.2, -0.15) is 0 Å². The van der Waals surface area contributed by atoms with E-state index in [2.05, 4.69) is 10.6 Å². The number of sulfone groups is 2. The highest BCUT2D eigenvalue weighted by atomic mass is 32.2. The van der Waals surface area contributed by atoms with E-state index in [1.807, 2.05) is 0 Å². The fourth-order valence-corrected chi connectivity index (χ4v) is 6.47. The van der Waals surface area contributed by atoms with Crippen molar-refractivity contribution in [1.82, 2.24) is 10.6 Å². The van der Waals surface area contributed by atoms with Crippen LogP contribution < -0.4 is 10.6 Å². The van der Waals surface area contributed by atoms with Crippen LogP contribution in [0.3, 0.4) is 0 Å². The van der Waals surface area contributed by atoms with Crippen molar-refractivity contribution < 1.29 is 26.4 Å². The van der Waals surface area contributed by atoms with Crippen LogP contribution in [0.1, 0.15) is 33.6 Å². The summed E-state index contributed by atoms with van der Waals surface area (Å²) < 4.78 is 45.7. The molecule has 2 aliphatic heterocycles. The standard InChI is InChI=1S/C16H20N2O6S2/c19-15(17-13-5-7-25(21,22)9-13)11-1-2-12(4-3-11)16(20)18-14-6-8-26(23,24)10-14/h1-4,13-14H,5-10H2,(H,17,19)(H,18,20)/t13-,14-/m1/s1. The van der Waals surface area contributed by atoms with Gasteiger partial charge < -0.3 is 10.6 Å². The summed E-state index contributed by atoms with van der Waals surface area (Å²) in [5.41, 5.74) is 0.656. The maximum absolute atomic E-state index is 12.2. The monoisotopic (exact) mass is 400 g/mol. The van der Waals surface area contributed by atoms with E-state index in [1.165, 1.54) is 24.3 Å². The summed E-state index contributed by atoms with van der Waals surface area (Å²) in [6.45, 7) is 0. The van der Waals surface area contributed by atoms with Gasteiger partial charge in [0, 0.05) is 23.2 Å². The van der Waals surface area contributed by atoms with Gasteiger partial charge in [0.2, 0.25) is 0 Å². The van der Waals surface area contributed by atoms with Crippen molar-refractivity contribution in [2.75, 3.05) is 23.0 Å². The number of hydrogen-bond donors (Lipinski definition) is 2. The van der Waals surface area contributed by atoms with Gasteiger partial charge in [0.15, 0.2) is 19.7 Å². The van der Waals surface area contributed by atoms with E-state index >= 15 is 0 Å². The van der Waals surface area contributed by atoms with Crippen LogP contribution in [0.15, 0.2) is 24.3 Å². The lowest BCUT2D eigenvalue weighted by Crippen LogP contribution is -2.36. The van der Waals surface area contributed by atoms with Gasteiger partial charge in [0.05, 0.1) is 23.0 Å². The summed E-state index contributed by atoms with van der Waals surface area (Å²) in [5, 5.41) is 5.36. The van der Waals surface area contributed by atoms with Crippen LogP contribution in [0.2, 0.25) is 0 Å². The zero-order valence-corrected chi connectivity index (χ0v) is 15.6. The first-order chi connectivity index (χ1) is 12.1. The van der Waals surface area contributed by atoms with E-state index in [0.29, 0.717) is 24.0 Å². The largest absolute Gasteiger partial charge is 0.348 e. The summed E-state index contributed by atoms with van der Waals surface area (Å²) in [7, 11) is -6.14. The Morgan fingerprint density at radius 1 is 0.731 bits per heavy atom. The molecular weight excluding hydrogens is 380 g/mol. The van der Waals surface area contributed by atoms with Gasteiger partial charge in [-0.1, -0.05) is 0 Å². The van der Waals surface area contributed by atoms with Crippen LogP contribution in [0.4, 0.5) is 0 Å². The number of hydrogen-bond acceptors (Lipinski definition) is 6. The molecule has 3 rings (SSSR count). The molecular formula is C16H20N2O6S2. The fourth-order valence-electron chi connectivity index (χ4n) is 3.13. The molecule has 8 nitrogen and oxygen atoms in total. The topological polar surface area (TPSA) is 126 Å². The maximum Gasteiger partial charge on any atom is 0.251 e. The van der Waals surface area contributed by atoms with Gasteiger partial charge in [-0.25, -0.2) is 16.8 Å². The van der Waals surface area contributed by atoms with E-state index in [0.717, 1.165) is 0 Å². The number of carbonyl (C=O) groups is 2. The lowest BCUT2D eigenvalue weighted by molar-refractivity contribution is 0.0929. The minimum absolute atomic E-state index is 0.0521. The molecule has 1 aromatic rings. The minimum Gasteiger partial charge on any atom is -0.348 e. The average molecular weight is 400 g/mol. The Kier molecular flexibility index (Phi) is 5.07. The molecule has 26 heavy (non-hydrogen) atoms. The molecule has 1 aromatic carbocycles. The molecule has 2 amide bonds. The van der Waals surface area contributed by atoms with E-state index in [9.17, 15) is 26.4 Å². The van der Waals surface area contributed by atoms with Gasteiger partial charge in [0.25, 0.3) is 11.8 Å². The molecule has 2 aliphatic rings. The molecule has 0 spiro atoms. The molecule has 0 saturated carbocycles. The third kappa shape index (κ3) is 4.61. The van der Waals surface area contributed by atoms with Crippen LogP contribution >= 0.6 is 0 Å². The predicted molar refractivity (Wildman–Crippen MR) is 95.5 cm³/mol. The molecule has 2 fully saturated rings. The molecule has 2 saturated heterocycles. The summed E-state index contributed by atoms with van der Waals surface area (Å²) in [5.74, 6) is -0.725. The smallest absolute Gasteiger partial charge is 0.251 e. The normalized spacial score (nSPS) is 26.3. The zero-order valence-electron chi connectivity index (χ0n) is 14.0. The molecule has 2 heterocycles. The second kappa shape index (κ2) is 6.99. The van der Waals surface area contributed by atoms with E-state index < -0.39 is 19.7 Å². The summed E-state index contributed by atoms with van der Waals surface area (Å²) in [6.07, 6.45) is 0.803. The lowest BCUT2D eigenvalue weighted by Gasteiger charge is -2.12. The molecule has 142 valence electrons. The summed E-state index contributed by atoms with van der Waals surface area (Å²) in [4.78, 5) is 24.3. The second-order valence-corrected chi connectivity index (χ2v) is 11.2. The van der Waals surface area contributed by atoms with Crippen molar-refractivity contribution in [2.45, 2.75) is 24.9 Å². The Bertz CT molecular complexity index is 845. The quantitative estimate of drug-likeness (QED) is 0.703. The lowest BCUT2D eigenvalue weighted by atomic mass is 10.1. The SMILES string of the molecule is O=C(N[C@@H]1CCS(=O)(=O)C1)c1ccc(C(=O)N[C@@H]2CCS(=O)(=O)C2)cc1. The van der Waals surface area contributed by atoms with Gasteiger partial charge in [-0.3, -0.25) is 9.59 Å². The predicted octanol–water partition coefficient (Wildman–Crippen LogP) is -0.480. The third-order valence-electron chi connectivity index (χ3n) is 4.54. The highest BCUT2D eigenvalue weighted by Gasteiger charge is 2.30. The van der Waals surface area contributed by atoms with Crippen LogP contribution in [0, 0.1) is 0 Å². The van der Waals surface area contributed by atoms with Crippen LogP contribution in [-0.4, -0.2) is 63.7 Å². The third-order valence-corrected chi connectivity index (χ3v) is 8.08. The second-order valence-electron chi connectivity index (χ2n) is 6.72. The highest BCUT2D eigenvalue weighted by Crippen LogP contribution is 2.14. The summed E-state index contributed by atoms with van der Waals surface area (Å²) in [6, 6.07) is 5.16. The van der Waals surface area contributed by atoms with Gasteiger partial charge in [0.1, 0.15) is 0 Å². The Labute approximate surface area is 152 Å². The summed E-state index contributed by atoms with van der Waals surface area (Å²) >= 11 is 0. The number of amides is 2. The Morgan fingerprint density at radius 2 is 1.08 bits per heavy atom. The Hall–Kier alpha value is -1.94. The molecule has 2 atom stereocenters. The van der Waals surface area contributed by atoms with E-state index in [1.54, 1.807) is 0 Å². The van der Waals surface area contributed by atoms with E-state index in [4.69, 9.17) is 0 Å². The van der Waals surface area contributed by atoms with Crippen molar-refractivity contribution in [1.29, 1.82) is 0 Å². The Balaban J connectivity index is 1.57. The molecule has 0 unspecified atom stereocenters. The average Bonchev–Trinajstić information content (AvgIpc) is 3.08. The van der Waals surface area contributed by atoms with Crippen molar-refractivity contribution in [3.8, 4) is 0 Å². The highest BCUT2D eigenvalue weighted by molar-refractivity contribution is 7.91. The molecule has 0 bridgehead atoms. The first-order valence-corrected chi connectivity index (χ1v) is 11.9. The zero-order chi connectivity index (χ0) is 18.9. The maximum atomic E-state index is 12.2. The van der Waals surface area contributed by atoms with Crippen molar-refractivity contribution >= 4 is 31.5 Å². The number of benzene rings is 1. The van der Waals surface area contributed by atoms with Gasteiger partial charge in [-0.15, -0.1) is 0 Å². The number of rotatable bonds is 4. The van der Waals surface area contributed by atoms with Crippen molar-refractivity contribution in [3.63, 3.8) is 0 Å². The van der Waals surface area contributed by atoms with Crippen LogP contribution in [0.25, 0.3) is 0 Å². The first-order valence-electron chi connectivity index (χ1n) is 8.26. The minimum atomic E-state index is -3.07. The number of carbonyl (C=O) groups excluding carboxylic acids is 2. The Morgan fingerprint density at radius 3 is 1.35 bits per heavy atom. The van der Waals surface area contributed by atoms with E-state index in [-0.39, 0.29) is 46.9 Å². The van der Waals surface area contributed by atoms with Crippen molar-refractivity contribution in [3.05, 3.63) is 35.4 Å². The molecule has 0 aliphatic carbocycles. The fraction of sp³-hybridized carbons (Fsp3) is 0.500. The van der Waals surface area contributed by atoms with Gasteiger partial charge in [-0.05, 0) is 37.1 Å². The number of nitrogens with one attached hydrogen (secondary N) is 2. The molecule has 0 aromatic heterocycles. The van der Waals surface area contributed by atoms with Gasteiger partial charge >= 0.3 is 0 Å². The van der Waals surface area contributed by atoms with Crippen LogP contribution in [-0.2, 0) is 19.7 Å².